The van der Waals surface area contributed by atoms with Gasteiger partial charge in [-0.05, 0) is 52.8 Å². The number of nitrogens with zero attached hydrogens (tertiary/aromatic N) is 1. The highest BCUT2D eigenvalue weighted by Gasteiger charge is 2.14. The molecule has 5 heteroatoms. The second kappa shape index (κ2) is 6.79. The van der Waals surface area contributed by atoms with Gasteiger partial charge in [-0.3, -0.25) is 0 Å². The number of aromatic nitrogens is 1. The number of fused-ring (bicyclic) bond motifs is 1. The lowest BCUT2D eigenvalue weighted by molar-refractivity contribution is 0.0901. The van der Waals surface area contributed by atoms with Gasteiger partial charge in [0.05, 0.1) is 5.52 Å². The van der Waals surface area contributed by atoms with Crippen LogP contribution in [0.4, 0.5) is 4.39 Å². The van der Waals surface area contributed by atoms with Gasteiger partial charge in [0, 0.05) is 29.8 Å². The first-order valence-electron chi connectivity index (χ1n) is 7.36. The van der Waals surface area contributed by atoms with Crippen LogP contribution in [0.5, 0.6) is 0 Å². The fourth-order valence-corrected chi connectivity index (χ4v) is 3.86. The minimum atomic E-state index is -1.05. The molecule has 0 radical (unpaired) electrons. The molecule has 0 bridgehead atoms. The molecule has 0 unspecified atom stereocenters. The summed E-state index contributed by atoms with van der Waals surface area (Å²) >= 11 is 2.27. The molecule has 1 heterocycles. The van der Waals surface area contributed by atoms with E-state index in [-0.39, 0.29) is 5.82 Å². The zero-order valence-electron chi connectivity index (χ0n) is 13.2. The Labute approximate surface area is 140 Å². The Bertz CT molecular complexity index is 633. The van der Waals surface area contributed by atoms with Gasteiger partial charge in [-0.25, -0.2) is 4.39 Å². The van der Waals surface area contributed by atoms with Crippen LogP contribution in [0.15, 0.2) is 18.3 Å². The van der Waals surface area contributed by atoms with E-state index in [0.717, 1.165) is 33.1 Å². The highest BCUT2D eigenvalue weighted by molar-refractivity contribution is 14.1. The van der Waals surface area contributed by atoms with Gasteiger partial charge < -0.3 is 9.30 Å². The lowest BCUT2D eigenvalue weighted by atomic mass is 10.1. The van der Waals surface area contributed by atoms with Gasteiger partial charge in [0.25, 0.3) is 0 Å². The third-order valence-electron chi connectivity index (χ3n) is 3.57. The van der Waals surface area contributed by atoms with Gasteiger partial charge in [0.2, 0.25) is 0 Å². The van der Waals surface area contributed by atoms with Crippen LogP contribution in [-0.4, -0.2) is 19.2 Å². The number of rotatable bonds is 6. The smallest absolute Gasteiger partial charge is 0.124 e. The van der Waals surface area contributed by atoms with Crippen molar-refractivity contribution in [1.82, 2.24) is 4.57 Å². The Morgan fingerprint density at radius 3 is 2.62 bits per heavy atom. The number of benzene rings is 1. The lowest BCUT2D eigenvalue weighted by Crippen LogP contribution is -2.22. The number of halogens is 2. The predicted molar refractivity (Wildman–Crippen MR) is 98.1 cm³/mol. The molecule has 2 nitrogen and oxygen atoms in total. The first-order valence-corrected chi connectivity index (χ1v) is 12.1. The lowest BCUT2D eigenvalue weighted by Gasteiger charge is -2.16. The van der Waals surface area contributed by atoms with Crippen LogP contribution in [0, 0.1) is 9.39 Å². The summed E-state index contributed by atoms with van der Waals surface area (Å²) in [6, 6.07) is 4.42. The van der Waals surface area contributed by atoms with Crippen LogP contribution < -0.4 is 0 Å². The Balaban J connectivity index is 2.20. The first-order chi connectivity index (χ1) is 9.81. The fourth-order valence-electron chi connectivity index (χ4n) is 2.36. The molecule has 2 aromatic rings. The quantitative estimate of drug-likeness (QED) is 0.354. The van der Waals surface area contributed by atoms with Gasteiger partial charge in [-0.2, -0.15) is 0 Å². The summed E-state index contributed by atoms with van der Waals surface area (Å²) in [5.41, 5.74) is 2.15. The topological polar surface area (TPSA) is 14.2 Å². The molecule has 0 spiro atoms. The third kappa shape index (κ3) is 4.29. The Kier molecular flexibility index (Phi) is 5.48. The molecule has 116 valence electrons. The normalized spacial score (nSPS) is 12.3. The van der Waals surface area contributed by atoms with E-state index in [1.807, 2.05) is 0 Å². The highest BCUT2D eigenvalue weighted by atomic mass is 127. The Hall–Kier alpha value is -0.403. The van der Waals surface area contributed by atoms with E-state index < -0.39 is 8.07 Å². The molecule has 0 amide bonds. The van der Waals surface area contributed by atoms with Crippen molar-refractivity contribution in [2.75, 3.05) is 6.61 Å². The van der Waals surface area contributed by atoms with E-state index in [2.05, 4.69) is 59.9 Å². The van der Waals surface area contributed by atoms with Crippen LogP contribution in [0.2, 0.25) is 25.7 Å². The summed E-state index contributed by atoms with van der Waals surface area (Å²) in [5.74, 6) is -0.158. The van der Waals surface area contributed by atoms with Crippen LogP contribution in [0.3, 0.4) is 0 Å². The monoisotopic (exact) mass is 419 g/mol. The molecule has 1 aromatic carbocycles. The maximum atomic E-state index is 13.7. The molecule has 0 saturated carbocycles. The molecule has 1 aromatic heterocycles. The van der Waals surface area contributed by atoms with E-state index in [4.69, 9.17) is 4.74 Å². The number of hydrogen-bond donors (Lipinski definition) is 0. The molecule has 0 aliphatic heterocycles. The van der Waals surface area contributed by atoms with Gasteiger partial charge in [-0.15, -0.1) is 0 Å². The van der Waals surface area contributed by atoms with Crippen molar-refractivity contribution >= 4 is 41.6 Å². The molecule has 0 saturated heterocycles. The van der Waals surface area contributed by atoms with E-state index in [1.165, 1.54) is 6.04 Å². The molecule has 21 heavy (non-hydrogen) atoms. The fraction of sp³-hybridized carbons (Fsp3) is 0.500. The van der Waals surface area contributed by atoms with Crippen molar-refractivity contribution in [2.45, 2.75) is 45.8 Å². The van der Waals surface area contributed by atoms with Crippen molar-refractivity contribution in [1.29, 1.82) is 0 Å². The Morgan fingerprint density at radius 1 is 1.29 bits per heavy atom. The molecule has 2 rings (SSSR count). The van der Waals surface area contributed by atoms with Crippen molar-refractivity contribution in [3.8, 4) is 0 Å². The summed E-state index contributed by atoms with van der Waals surface area (Å²) < 4.78 is 22.7. The van der Waals surface area contributed by atoms with Crippen LogP contribution in [0.1, 0.15) is 12.5 Å². The van der Waals surface area contributed by atoms with Gasteiger partial charge >= 0.3 is 0 Å². The third-order valence-corrected chi connectivity index (χ3v) is 6.14. The van der Waals surface area contributed by atoms with E-state index >= 15 is 0 Å². The van der Waals surface area contributed by atoms with E-state index in [9.17, 15) is 4.39 Å². The van der Waals surface area contributed by atoms with Crippen LogP contribution in [0.25, 0.3) is 10.9 Å². The van der Waals surface area contributed by atoms with Crippen molar-refractivity contribution in [2.24, 2.45) is 0 Å². The zero-order valence-corrected chi connectivity index (χ0v) is 16.3. The summed E-state index contributed by atoms with van der Waals surface area (Å²) in [5, 5.41) is 0.987. The van der Waals surface area contributed by atoms with Crippen molar-refractivity contribution in [3.05, 3.63) is 33.3 Å². The first kappa shape index (κ1) is 17.0. The van der Waals surface area contributed by atoms with Gasteiger partial charge in [-0.1, -0.05) is 26.6 Å². The van der Waals surface area contributed by atoms with Crippen LogP contribution >= 0.6 is 22.6 Å². The number of hydrogen-bond acceptors (Lipinski definition) is 1. The summed E-state index contributed by atoms with van der Waals surface area (Å²) in [6.45, 7) is 10.5. The van der Waals surface area contributed by atoms with E-state index in [0.29, 0.717) is 6.73 Å². The zero-order chi connectivity index (χ0) is 15.6. The minimum Gasteiger partial charge on any atom is -0.361 e. The number of ether oxygens (including phenoxy) is 1. The van der Waals surface area contributed by atoms with Crippen molar-refractivity contribution < 1.29 is 9.13 Å². The van der Waals surface area contributed by atoms with Gasteiger partial charge in [0.15, 0.2) is 0 Å². The van der Waals surface area contributed by atoms with E-state index in [1.54, 1.807) is 12.1 Å². The highest BCUT2D eigenvalue weighted by Crippen LogP contribution is 2.28. The SMILES string of the molecule is CCc1cc(F)cc2c(I)cn(COCC[Si](C)(C)C)c12. The molecule has 0 N–H and O–H groups in total. The molecule has 0 aliphatic carbocycles. The summed E-state index contributed by atoms with van der Waals surface area (Å²) in [4.78, 5) is 0. The largest absolute Gasteiger partial charge is 0.361 e. The molecule has 0 aliphatic rings. The summed E-state index contributed by atoms with van der Waals surface area (Å²) in [6.07, 6.45) is 2.88. The standard InChI is InChI=1S/C16H23FINOSi/c1-5-12-8-13(17)9-14-15(18)10-19(16(12)14)11-20-6-7-21(2,3)4/h8-10H,5-7,11H2,1-4H3. The summed E-state index contributed by atoms with van der Waals surface area (Å²) in [7, 11) is -1.05. The average molecular weight is 419 g/mol. The van der Waals surface area contributed by atoms with Crippen molar-refractivity contribution in [3.63, 3.8) is 0 Å². The molecular weight excluding hydrogens is 396 g/mol. The second-order valence-electron chi connectivity index (χ2n) is 6.61. The number of aryl methyl sites for hydroxylation is 1. The van der Waals surface area contributed by atoms with Crippen LogP contribution in [-0.2, 0) is 17.9 Å². The maximum absolute atomic E-state index is 13.7. The molecule has 0 fully saturated rings. The predicted octanol–water partition coefficient (Wildman–Crippen LogP) is 5.26. The molecular formula is C16H23FINOSi. The van der Waals surface area contributed by atoms with Gasteiger partial charge in [0.1, 0.15) is 12.5 Å². The Morgan fingerprint density at radius 2 is 2.00 bits per heavy atom. The maximum Gasteiger partial charge on any atom is 0.124 e. The minimum absolute atomic E-state index is 0.158. The molecule has 0 atom stereocenters. The second-order valence-corrected chi connectivity index (χ2v) is 13.4. The average Bonchev–Trinajstić information content (AvgIpc) is 2.70.